The minimum absolute atomic E-state index is 0. The number of alkyl halides is 1. The van der Waals surface area contributed by atoms with Crippen molar-refractivity contribution in [1.29, 1.82) is 0 Å². The van der Waals surface area contributed by atoms with Gasteiger partial charge in [-0.05, 0) is 152 Å². The number of nitrogens with zero attached hydrogens (tertiary/aromatic N) is 8. The van der Waals surface area contributed by atoms with Crippen molar-refractivity contribution < 1.29 is 158 Å². The van der Waals surface area contributed by atoms with Crippen LogP contribution in [0.2, 0.25) is 0 Å². The molecule has 4 saturated carbocycles. The van der Waals surface area contributed by atoms with Gasteiger partial charge >= 0.3 is 115 Å². The van der Waals surface area contributed by atoms with Crippen molar-refractivity contribution in [2.75, 3.05) is 25.2 Å². The molecule has 0 spiro atoms. The van der Waals surface area contributed by atoms with Crippen LogP contribution < -0.4 is 131 Å². The van der Waals surface area contributed by atoms with E-state index in [-0.39, 0.29) is 170 Å². The van der Waals surface area contributed by atoms with E-state index in [1.165, 1.54) is 116 Å². The van der Waals surface area contributed by atoms with E-state index in [9.17, 15) is 34.0 Å². The number of carbonyl (C=O) groups excluding carboxylic acids is 5. The fourth-order valence-corrected chi connectivity index (χ4v) is 16.9. The van der Waals surface area contributed by atoms with Gasteiger partial charge in [-0.2, -0.15) is 0 Å². The molecule has 12 rings (SSSR count). The van der Waals surface area contributed by atoms with Gasteiger partial charge in [0.25, 0.3) is 23.5 Å². The van der Waals surface area contributed by atoms with Crippen molar-refractivity contribution in [2.24, 2.45) is 45.5 Å². The molecule has 4 aliphatic heterocycles. The molecule has 26 heteroatoms. The van der Waals surface area contributed by atoms with Gasteiger partial charge in [0.1, 0.15) is 0 Å². The molecule has 8 fully saturated rings. The quantitative estimate of drug-likeness (QED) is 0.0222. The number of esters is 2. The van der Waals surface area contributed by atoms with E-state index in [0.29, 0.717) is 47.3 Å². The predicted octanol–water partition coefficient (Wildman–Crippen LogP) is 1.56. The molecule has 6 heterocycles. The number of ether oxygens (including phenoxy) is 2. The molecule has 4 saturated heterocycles. The second-order valence-corrected chi connectivity index (χ2v) is 26.0. The summed E-state index contributed by atoms with van der Waals surface area (Å²) in [4.78, 5) is 106. The number of primary amides is 2. The molecule has 2 aromatic carbocycles. The van der Waals surface area contributed by atoms with Crippen LogP contribution in [0.15, 0.2) is 68.4 Å². The number of halogens is 1. The average Bonchev–Trinajstić information content (AvgIpc) is 0.767. The first kappa shape index (κ1) is 75.0. The molecular formula is C65H89BrK2N10O13. The molecule has 0 radical (unpaired) electrons. The van der Waals surface area contributed by atoms with Gasteiger partial charge in [-0.15, -0.1) is 0 Å². The largest absolute Gasteiger partial charge is 1.00 e. The van der Waals surface area contributed by atoms with Gasteiger partial charge < -0.3 is 51.7 Å². The third-order valence-corrected chi connectivity index (χ3v) is 20.5. The van der Waals surface area contributed by atoms with E-state index >= 15 is 0 Å². The second kappa shape index (κ2) is 36.7. The van der Waals surface area contributed by atoms with E-state index in [1.807, 2.05) is 57.7 Å². The Balaban J connectivity index is 0.000000252. The number of benzene rings is 2. The van der Waals surface area contributed by atoms with Gasteiger partial charge in [-0.25, -0.2) is 19.6 Å². The summed E-state index contributed by atoms with van der Waals surface area (Å²) in [6.07, 6.45) is 30.0. The molecule has 486 valence electrons. The molecule has 2 amide bonds. The number of aromatic nitrogens is 4. The Morgan fingerprint density at radius 3 is 1.29 bits per heavy atom. The van der Waals surface area contributed by atoms with E-state index in [1.54, 1.807) is 13.8 Å². The SMILES string of the molecule is CCOC(=O)/C(=N\O)c1nc2ccccc2n(C2C[C@H]3CCC[C@@H](C2)N3C2CC3CCCCC(C3)C2)c1=O.CCOC(=O)/C(=N\OCC(N)=O)c1nc2ccccc2n(C2C[C@H]3CCC[C@@H](C2)N3C2CC3CCCCC(C3)C2)c1=O.NC(=O)CBr.O=CO[O-].[H-].[K+].[K+]. The van der Waals surface area contributed by atoms with Crippen molar-refractivity contribution in [3.8, 4) is 0 Å². The Bertz CT molecular complexity index is 3270. The fraction of sp³-hybridized carbons (Fsp3) is 0.646. The molecule has 4 aliphatic carbocycles. The summed E-state index contributed by atoms with van der Waals surface area (Å²) in [7, 11) is 0. The first-order valence-corrected chi connectivity index (χ1v) is 33.5. The maximum Gasteiger partial charge on any atom is 1.00 e. The van der Waals surface area contributed by atoms with E-state index in [2.05, 4.69) is 56.6 Å². The number of piperidine rings is 4. The molecule has 4 aromatic rings. The zero-order chi connectivity index (χ0) is 63.1. The number of rotatable bonds is 15. The molecule has 6 unspecified atom stereocenters. The van der Waals surface area contributed by atoms with Crippen LogP contribution in [0.3, 0.4) is 0 Å². The summed E-state index contributed by atoms with van der Waals surface area (Å²) in [5, 5.41) is 25.3. The van der Waals surface area contributed by atoms with Gasteiger partial charge in [0.2, 0.25) is 17.3 Å². The minimum Gasteiger partial charge on any atom is -1.00 e. The Morgan fingerprint density at radius 2 is 0.945 bits per heavy atom. The zero-order valence-corrected chi connectivity index (χ0v) is 61.2. The molecular weight excluding hydrogens is 1290 g/mol. The monoisotopic (exact) mass is 1370 g/mol. The Labute approximate surface area is 626 Å². The van der Waals surface area contributed by atoms with Gasteiger partial charge in [0, 0.05) is 48.3 Å². The van der Waals surface area contributed by atoms with Crippen LogP contribution in [-0.2, 0) is 43.2 Å². The number of para-hydroxylation sites is 4. The number of fused-ring (bicyclic) bond motifs is 10. The number of oxime groups is 2. The van der Waals surface area contributed by atoms with Crippen molar-refractivity contribution >= 4 is 79.6 Å². The summed E-state index contributed by atoms with van der Waals surface area (Å²) in [5.74, 6) is 0.737. The van der Waals surface area contributed by atoms with E-state index in [0.717, 1.165) is 73.2 Å². The summed E-state index contributed by atoms with van der Waals surface area (Å²) in [6, 6.07) is 18.2. The summed E-state index contributed by atoms with van der Waals surface area (Å²) in [6.45, 7) is 2.83. The summed E-state index contributed by atoms with van der Waals surface area (Å²) < 4.78 is 13.9. The molecule has 8 aliphatic rings. The third kappa shape index (κ3) is 18.8. The normalized spacial score (nSPS) is 27.9. The molecule has 5 N–H and O–H groups in total. The van der Waals surface area contributed by atoms with Gasteiger partial charge in [-0.1, -0.05) is 115 Å². The standard InChI is InChI=1S/C32H43N5O5.C30H40N4O4.C2H4BrNO.CH2O3.2K.H/c1-2-41-32(40)30(35-42-19-28(33)38)29-31(39)37(27-13-6-5-12-26(27)34-29)25-17-22-10-7-11-23(18-25)36(22)24-15-20-8-3-4-9-21(14-20)16-24;1-2-38-30(36)28(32-37)27-29(35)34(26-13-6-5-12-25(26)31-27)24-17-21-10-7-11-22(18-24)33(21)23-15-19-8-3-4-9-20(14-19)16-23;3-1-2(4)5;2-1-4-3;;;/h5-6,12-13,20-25H,2-4,7-11,14-19H2,1H3,(H2,33,38);5-6,12-13,19-24,37H,2-4,7-11,14-18H2,1H3;1H2,(H2,4,5);1,3H;;;/q;;;;2*+1;-1/p-1/b35-30-;32-28-;;;;;/t20?,21?,22-,23+,24?,25?;19?,20?,21-,22+,23?,24?;;;;;. The van der Waals surface area contributed by atoms with Crippen molar-refractivity contribution in [3.63, 3.8) is 0 Å². The number of hydrogen-bond donors (Lipinski definition) is 3. The second-order valence-electron chi connectivity index (χ2n) is 25.5. The van der Waals surface area contributed by atoms with Crippen LogP contribution in [0.5, 0.6) is 0 Å². The maximum atomic E-state index is 14.3. The van der Waals surface area contributed by atoms with E-state index < -0.39 is 35.7 Å². The van der Waals surface area contributed by atoms with Crippen molar-refractivity contribution in [2.45, 2.75) is 216 Å². The van der Waals surface area contributed by atoms with Crippen LogP contribution in [0, 0.1) is 23.7 Å². The van der Waals surface area contributed by atoms with Crippen LogP contribution in [0.4, 0.5) is 0 Å². The number of nitrogens with two attached hydrogens (primary N) is 2. The minimum atomic E-state index is -0.841. The Kier molecular flexibility index (Phi) is 30.2. The topological polar surface area (TPSA) is 319 Å². The summed E-state index contributed by atoms with van der Waals surface area (Å²) >= 11 is 2.84. The number of hydrogen-bond acceptors (Lipinski definition) is 19. The Hall–Kier alpha value is -3.36. The van der Waals surface area contributed by atoms with Gasteiger partial charge in [0.15, 0.2) is 18.0 Å². The van der Waals surface area contributed by atoms with Crippen LogP contribution in [-0.4, -0.2) is 137 Å². The summed E-state index contributed by atoms with van der Waals surface area (Å²) in [5.41, 5.74) is 10.6. The molecule has 23 nitrogen and oxygen atoms in total. The first-order chi connectivity index (χ1) is 43.2. The van der Waals surface area contributed by atoms with Crippen molar-refractivity contribution in [1.82, 2.24) is 28.9 Å². The van der Waals surface area contributed by atoms with E-state index in [4.69, 9.17) is 30.1 Å². The zero-order valence-electron chi connectivity index (χ0n) is 54.4. The van der Waals surface area contributed by atoms with Gasteiger partial charge in [0.05, 0.1) is 40.6 Å². The number of carbonyl (C=O) groups is 5. The van der Waals surface area contributed by atoms with Crippen LogP contribution >= 0.6 is 15.9 Å². The molecule has 91 heavy (non-hydrogen) atoms. The third-order valence-electron chi connectivity index (χ3n) is 19.9. The van der Waals surface area contributed by atoms with Crippen LogP contribution in [0.25, 0.3) is 22.1 Å². The first-order valence-electron chi connectivity index (χ1n) is 32.4. The van der Waals surface area contributed by atoms with Crippen molar-refractivity contribution in [3.05, 3.63) is 80.6 Å². The smallest absolute Gasteiger partial charge is 1.00 e. The predicted molar refractivity (Wildman–Crippen MR) is 336 cm³/mol. The van der Waals surface area contributed by atoms with Gasteiger partial charge in [-0.3, -0.25) is 33.8 Å². The average molecular weight is 1380 g/mol. The fourth-order valence-electron chi connectivity index (χ4n) is 16.9. The molecule has 8 bridgehead atoms. The maximum absolute atomic E-state index is 14.3. The molecule has 10 atom stereocenters. The van der Waals surface area contributed by atoms with Crippen LogP contribution in [0.1, 0.15) is 193 Å². The number of amides is 2. The Morgan fingerprint density at radius 1 is 0.582 bits per heavy atom. The molecule has 2 aromatic heterocycles.